The Morgan fingerprint density at radius 3 is 2.70 bits per heavy atom. The van der Waals surface area contributed by atoms with Crippen molar-refractivity contribution in [2.75, 3.05) is 11.9 Å². The van der Waals surface area contributed by atoms with E-state index in [-0.39, 0.29) is 18.7 Å². The second kappa shape index (κ2) is 6.96. The number of carbonyl (C=O) groups excluding carboxylic acids is 1. The molecule has 1 aromatic rings. The molecule has 0 heterocycles. The number of alkyl halides is 3. The number of aliphatic hydroxyl groups is 1. The molecule has 1 rings (SSSR count). The average molecular weight is 285 g/mol. The van der Waals surface area contributed by atoms with Gasteiger partial charge in [0.2, 0.25) is 5.91 Å². The lowest BCUT2D eigenvalue weighted by atomic mass is 10.1. The Balaban J connectivity index is 2.90. The fourth-order valence-corrected chi connectivity index (χ4v) is 1.46. The lowest BCUT2D eigenvalue weighted by Gasteiger charge is -2.10. The van der Waals surface area contributed by atoms with Crippen LogP contribution in [0.5, 0.6) is 0 Å². The number of aryl methyl sites for hydroxylation is 1. The molecule has 20 heavy (non-hydrogen) atoms. The van der Waals surface area contributed by atoms with Crippen molar-refractivity contribution in [3.8, 4) is 11.8 Å². The van der Waals surface area contributed by atoms with E-state index in [2.05, 4.69) is 17.2 Å². The van der Waals surface area contributed by atoms with Crippen LogP contribution in [-0.2, 0) is 4.79 Å². The van der Waals surface area contributed by atoms with E-state index < -0.39 is 18.5 Å². The first-order valence-corrected chi connectivity index (χ1v) is 5.89. The summed E-state index contributed by atoms with van der Waals surface area (Å²) in [5, 5.41) is 10.8. The molecule has 108 valence electrons. The molecule has 0 unspecified atom stereocenters. The second-order valence-electron chi connectivity index (χ2n) is 4.16. The molecule has 0 aliphatic heterocycles. The van der Waals surface area contributed by atoms with Gasteiger partial charge in [-0.3, -0.25) is 4.79 Å². The zero-order chi connectivity index (χ0) is 15.2. The van der Waals surface area contributed by atoms with Gasteiger partial charge in [-0.2, -0.15) is 13.2 Å². The molecule has 0 aliphatic carbocycles. The first-order valence-electron chi connectivity index (χ1n) is 5.89. The number of amides is 1. The summed E-state index contributed by atoms with van der Waals surface area (Å²) in [5.74, 6) is 4.25. The zero-order valence-corrected chi connectivity index (χ0v) is 10.8. The van der Waals surface area contributed by atoms with Crippen LogP contribution in [0.15, 0.2) is 18.2 Å². The highest BCUT2D eigenvalue weighted by Crippen LogP contribution is 2.22. The number of hydrogen-bond acceptors (Lipinski definition) is 2. The maximum Gasteiger partial charge on any atom is 0.397 e. The Morgan fingerprint density at radius 2 is 2.10 bits per heavy atom. The van der Waals surface area contributed by atoms with Gasteiger partial charge >= 0.3 is 6.18 Å². The van der Waals surface area contributed by atoms with Crippen molar-refractivity contribution in [3.63, 3.8) is 0 Å². The summed E-state index contributed by atoms with van der Waals surface area (Å²) in [6, 6.07) is 4.83. The van der Waals surface area contributed by atoms with Gasteiger partial charge in [-0.15, -0.1) is 0 Å². The van der Waals surface area contributed by atoms with E-state index in [4.69, 9.17) is 5.11 Å². The van der Waals surface area contributed by atoms with Crippen LogP contribution in [-0.4, -0.2) is 23.8 Å². The fraction of sp³-hybridized carbons (Fsp3) is 0.357. The smallest absolute Gasteiger partial charge is 0.395 e. The van der Waals surface area contributed by atoms with Crippen LogP contribution < -0.4 is 5.32 Å². The molecule has 2 N–H and O–H groups in total. The van der Waals surface area contributed by atoms with Crippen molar-refractivity contribution in [2.45, 2.75) is 25.9 Å². The summed E-state index contributed by atoms with van der Waals surface area (Å²) in [7, 11) is 0. The molecular formula is C14H14F3NO2. The van der Waals surface area contributed by atoms with E-state index in [1.54, 1.807) is 19.1 Å². The lowest BCUT2D eigenvalue weighted by molar-refractivity contribution is -0.150. The molecule has 0 fully saturated rings. The minimum atomic E-state index is -4.54. The average Bonchev–Trinajstić information content (AvgIpc) is 2.30. The Labute approximate surface area is 114 Å². The number of hydrogen-bond donors (Lipinski definition) is 2. The number of anilines is 1. The third-order valence-electron chi connectivity index (χ3n) is 2.27. The number of aliphatic hydroxyl groups excluding tert-OH is 1. The standard InChI is InChI=1S/C14H14F3NO2/c1-10-5-6-12(11(8-10)4-2-3-7-19)18-13(20)9-14(15,16)17/h5-6,8,19H,3,7,9H2,1H3,(H,18,20). The largest absolute Gasteiger partial charge is 0.397 e. The number of benzene rings is 1. The number of nitrogens with one attached hydrogen (secondary N) is 1. The highest BCUT2D eigenvalue weighted by atomic mass is 19.4. The summed E-state index contributed by atoms with van der Waals surface area (Å²) in [6.45, 7) is 1.70. The van der Waals surface area contributed by atoms with Gasteiger partial charge in [0.25, 0.3) is 0 Å². The Kier molecular flexibility index (Phi) is 5.59. The first kappa shape index (κ1) is 16.1. The molecule has 1 amide bonds. The third-order valence-corrected chi connectivity index (χ3v) is 2.27. The van der Waals surface area contributed by atoms with Gasteiger partial charge in [0.05, 0.1) is 12.3 Å². The first-order chi connectivity index (χ1) is 9.31. The van der Waals surface area contributed by atoms with Crippen molar-refractivity contribution < 1.29 is 23.1 Å². The molecule has 0 saturated heterocycles. The van der Waals surface area contributed by atoms with E-state index in [9.17, 15) is 18.0 Å². The van der Waals surface area contributed by atoms with Crippen LogP contribution in [0.4, 0.5) is 18.9 Å². The molecule has 6 heteroatoms. The van der Waals surface area contributed by atoms with Crippen molar-refractivity contribution in [2.24, 2.45) is 0 Å². The minimum Gasteiger partial charge on any atom is -0.395 e. The Morgan fingerprint density at radius 1 is 1.40 bits per heavy atom. The van der Waals surface area contributed by atoms with Gasteiger partial charge in [0.1, 0.15) is 6.42 Å². The molecule has 0 spiro atoms. The van der Waals surface area contributed by atoms with E-state index in [1.807, 2.05) is 0 Å². The van der Waals surface area contributed by atoms with E-state index >= 15 is 0 Å². The quantitative estimate of drug-likeness (QED) is 0.839. The summed E-state index contributed by atoms with van der Waals surface area (Å²) in [4.78, 5) is 11.3. The summed E-state index contributed by atoms with van der Waals surface area (Å²) in [5.41, 5.74) is 1.52. The summed E-state index contributed by atoms with van der Waals surface area (Å²) >= 11 is 0. The van der Waals surface area contributed by atoms with Crippen LogP contribution in [0.25, 0.3) is 0 Å². The van der Waals surface area contributed by atoms with Gasteiger partial charge in [0.15, 0.2) is 0 Å². The number of halogens is 3. The maximum atomic E-state index is 12.1. The van der Waals surface area contributed by atoms with Crippen molar-refractivity contribution in [3.05, 3.63) is 29.3 Å². The molecule has 0 atom stereocenters. The van der Waals surface area contributed by atoms with Crippen molar-refractivity contribution in [1.82, 2.24) is 0 Å². The van der Waals surface area contributed by atoms with Crippen LogP contribution in [0.1, 0.15) is 24.0 Å². The number of carbonyl (C=O) groups is 1. The van der Waals surface area contributed by atoms with Gasteiger partial charge in [-0.1, -0.05) is 17.9 Å². The lowest BCUT2D eigenvalue weighted by Crippen LogP contribution is -2.21. The van der Waals surface area contributed by atoms with Crippen LogP contribution in [0.3, 0.4) is 0 Å². The zero-order valence-electron chi connectivity index (χ0n) is 10.8. The van der Waals surface area contributed by atoms with E-state index in [0.29, 0.717) is 5.56 Å². The monoisotopic (exact) mass is 285 g/mol. The highest BCUT2D eigenvalue weighted by Gasteiger charge is 2.31. The Bertz CT molecular complexity index is 542. The second-order valence-corrected chi connectivity index (χ2v) is 4.16. The van der Waals surface area contributed by atoms with Crippen LogP contribution >= 0.6 is 0 Å². The highest BCUT2D eigenvalue weighted by molar-refractivity contribution is 5.92. The maximum absolute atomic E-state index is 12.1. The predicted molar refractivity (Wildman–Crippen MR) is 69.1 cm³/mol. The minimum absolute atomic E-state index is 0.103. The molecule has 0 radical (unpaired) electrons. The molecule has 0 aliphatic rings. The van der Waals surface area contributed by atoms with Crippen molar-refractivity contribution in [1.29, 1.82) is 0 Å². The summed E-state index contributed by atoms with van der Waals surface area (Å²) < 4.78 is 36.3. The molecule has 0 saturated carbocycles. The van der Waals surface area contributed by atoms with Gasteiger partial charge in [-0.05, 0) is 24.6 Å². The van der Waals surface area contributed by atoms with Gasteiger partial charge < -0.3 is 10.4 Å². The summed E-state index contributed by atoms with van der Waals surface area (Å²) in [6.07, 6.45) is -5.83. The molecular weight excluding hydrogens is 271 g/mol. The number of rotatable bonds is 3. The fourth-order valence-electron chi connectivity index (χ4n) is 1.46. The topological polar surface area (TPSA) is 49.3 Å². The van der Waals surface area contributed by atoms with E-state index in [1.165, 1.54) is 6.07 Å². The normalized spacial score (nSPS) is 10.7. The van der Waals surface area contributed by atoms with Crippen LogP contribution in [0, 0.1) is 18.8 Å². The van der Waals surface area contributed by atoms with Crippen molar-refractivity contribution >= 4 is 11.6 Å². The third kappa shape index (κ3) is 5.76. The predicted octanol–water partition coefficient (Wildman–Crippen LogP) is 2.62. The Hall–Kier alpha value is -2.00. The molecule has 3 nitrogen and oxygen atoms in total. The molecule has 1 aromatic carbocycles. The van der Waals surface area contributed by atoms with Crippen LogP contribution in [0.2, 0.25) is 0 Å². The molecule has 0 aromatic heterocycles. The van der Waals surface area contributed by atoms with E-state index in [0.717, 1.165) is 5.56 Å². The molecule has 0 bridgehead atoms. The van der Waals surface area contributed by atoms with Gasteiger partial charge in [-0.25, -0.2) is 0 Å². The van der Waals surface area contributed by atoms with Gasteiger partial charge in [0, 0.05) is 12.0 Å². The SMILES string of the molecule is Cc1ccc(NC(=O)CC(F)(F)F)c(C#CCCO)c1.